The van der Waals surface area contributed by atoms with E-state index in [2.05, 4.69) is 57.1 Å². The highest BCUT2D eigenvalue weighted by molar-refractivity contribution is 5.66. The number of rotatable bonds is 9. The van der Waals surface area contributed by atoms with E-state index in [4.69, 9.17) is 5.73 Å². The smallest absolute Gasteiger partial charge is 0.0184 e. The zero-order valence-corrected chi connectivity index (χ0v) is 20.2. The number of hydrogen-bond acceptors (Lipinski definition) is 2. The van der Waals surface area contributed by atoms with Gasteiger partial charge in [-0.05, 0) is 64.2 Å². The van der Waals surface area contributed by atoms with E-state index in [0.29, 0.717) is 6.54 Å². The normalized spacial score (nSPS) is 10.7. The van der Waals surface area contributed by atoms with Crippen molar-refractivity contribution in [2.45, 2.75) is 60.9 Å². The minimum absolute atomic E-state index is 0.612. The Morgan fingerprint density at radius 3 is 2.10 bits per heavy atom. The van der Waals surface area contributed by atoms with Crippen molar-refractivity contribution in [2.24, 2.45) is 5.73 Å². The van der Waals surface area contributed by atoms with E-state index in [9.17, 15) is 0 Å². The molecule has 0 saturated heterocycles. The number of benzene rings is 1. The van der Waals surface area contributed by atoms with Crippen LogP contribution < -0.4 is 11.1 Å². The molecule has 0 bridgehead atoms. The maximum absolute atomic E-state index is 5.62. The molecule has 0 spiro atoms. The van der Waals surface area contributed by atoms with Crippen molar-refractivity contribution >= 4 is 5.57 Å². The Morgan fingerprint density at radius 1 is 1.03 bits per heavy atom. The van der Waals surface area contributed by atoms with Crippen LogP contribution in [0.2, 0.25) is 0 Å². The summed E-state index contributed by atoms with van der Waals surface area (Å²) in [6.45, 7) is 25.1. The van der Waals surface area contributed by atoms with E-state index in [-0.39, 0.29) is 0 Å². The highest BCUT2D eigenvalue weighted by Gasteiger charge is 1.99. The molecule has 1 rings (SSSR count). The molecule has 0 atom stereocenters. The van der Waals surface area contributed by atoms with Crippen LogP contribution in [0.4, 0.5) is 0 Å². The Hall–Kier alpha value is -2.58. The lowest BCUT2D eigenvalue weighted by Crippen LogP contribution is -2.11. The lowest BCUT2D eigenvalue weighted by Gasteiger charge is -2.06. The molecule has 0 aromatic heterocycles. The molecule has 2 nitrogen and oxygen atoms in total. The first-order valence-corrected chi connectivity index (χ1v) is 10.6. The molecule has 1 aromatic carbocycles. The molecule has 0 heterocycles. The van der Waals surface area contributed by atoms with Crippen molar-refractivity contribution in [3.63, 3.8) is 0 Å². The topological polar surface area (TPSA) is 38.0 Å². The van der Waals surface area contributed by atoms with Gasteiger partial charge in [0, 0.05) is 18.8 Å². The molecule has 1 aromatic rings. The molecule has 30 heavy (non-hydrogen) atoms. The Kier molecular flexibility index (Phi) is 19.5. The van der Waals surface area contributed by atoms with Gasteiger partial charge in [-0.1, -0.05) is 85.9 Å². The lowest BCUT2D eigenvalue weighted by molar-refractivity contribution is 0.795. The van der Waals surface area contributed by atoms with Crippen molar-refractivity contribution < 1.29 is 0 Å². The number of nitrogens with one attached hydrogen (secondary N) is 1. The summed E-state index contributed by atoms with van der Waals surface area (Å²) in [7, 11) is 0. The van der Waals surface area contributed by atoms with Crippen LogP contribution in [0.1, 0.15) is 65.5 Å². The predicted molar refractivity (Wildman–Crippen MR) is 139 cm³/mol. The van der Waals surface area contributed by atoms with Crippen molar-refractivity contribution in [1.29, 1.82) is 0 Å². The third-order valence-corrected chi connectivity index (χ3v) is 4.21. The first-order chi connectivity index (χ1) is 14.2. The predicted octanol–water partition coefficient (Wildman–Crippen LogP) is 7.73. The molecule has 0 saturated carbocycles. The van der Waals surface area contributed by atoms with E-state index in [1.165, 1.54) is 22.3 Å². The van der Waals surface area contributed by atoms with Crippen molar-refractivity contribution in [3.05, 3.63) is 102 Å². The summed E-state index contributed by atoms with van der Waals surface area (Å²) in [5.74, 6) is 0. The first-order valence-electron chi connectivity index (χ1n) is 10.6. The first kappa shape index (κ1) is 29.6. The molecule has 3 N–H and O–H groups in total. The van der Waals surface area contributed by atoms with Crippen LogP contribution in [-0.2, 0) is 6.54 Å². The molecule has 0 aliphatic carbocycles. The highest BCUT2D eigenvalue weighted by atomic mass is 14.9. The van der Waals surface area contributed by atoms with Crippen molar-refractivity contribution in [2.75, 3.05) is 6.54 Å². The van der Waals surface area contributed by atoms with E-state index >= 15 is 0 Å². The number of allylic oxidation sites excluding steroid dienone is 8. The highest BCUT2D eigenvalue weighted by Crippen LogP contribution is 2.17. The summed E-state index contributed by atoms with van der Waals surface area (Å²) in [6, 6.07) is 8.25. The molecule has 0 aliphatic rings. The second-order valence-corrected chi connectivity index (χ2v) is 7.14. The number of nitrogens with two attached hydrogens (primary N) is 1. The van der Waals surface area contributed by atoms with Gasteiger partial charge in [0.05, 0.1) is 0 Å². The van der Waals surface area contributed by atoms with E-state index in [0.717, 1.165) is 30.7 Å². The minimum Gasteiger partial charge on any atom is -0.389 e. The minimum atomic E-state index is 0.612. The van der Waals surface area contributed by atoms with E-state index < -0.39 is 0 Å². The Balaban J connectivity index is 0. The average molecular weight is 409 g/mol. The monoisotopic (exact) mass is 408 g/mol. The summed E-state index contributed by atoms with van der Waals surface area (Å²) < 4.78 is 0. The maximum atomic E-state index is 5.62. The summed E-state index contributed by atoms with van der Waals surface area (Å²) in [4.78, 5) is 0. The fourth-order valence-corrected chi connectivity index (χ4v) is 2.06. The number of hydrogen-bond donors (Lipinski definition) is 2. The molecule has 0 aliphatic heterocycles. The quantitative estimate of drug-likeness (QED) is 0.324. The zero-order chi connectivity index (χ0) is 23.4. The van der Waals surface area contributed by atoms with Gasteiger partial charge in [-0.3, -0.25) is 0 Å². The molecular weight excluding hydrogens is 364 g/mol. The van der Waals surface area contributed by atoms with Crippen LogP contribution in [0.3, 0.4) is 0 Å². The van der Waals surface area contributed by atoms with E-state index in [1.54, 1.807) is 0 Å². The maximum Gasteiger partial charge on any atom is 0.0184 e. The van der Waals surface area contributed by atoms with Crippen LogP contribution >= 0.6 is 0 Å². The molecule has 2 heteroatoms. The average Bonchev–Trinajstić information content (AvgIpc) is 2.73. The molecular formula is C28H44N2. The van der Waals surface area contributed by atoms with Gasteiger partial charge in [-0.15, -0.1) is 6.58 Å². The second kappa shape index (κ2) is 19.7. The largest absolute Gasteiger partial charge is 0.389 e. The fourth-order valence-electron chi connectivity index (χ4n) is 2.06. The van der Waals surface area contributed by atoms with Gasteiger partial charge in [0.2, 0.25) is 0 Å². The third-order valence-electron chi connectivity index (χ3n) is 4.21. The van der Waals surface area contributed by atoms with Gasteiger partial charge in [-0.25, -0.2) is 0 Å². The van der Waals surface area contributed by atoms with E-state index in [1.807, 2.05) is 64.1 Å². The Labute approximate surface area is 186 Å². The van der Waals surface area contributed by atoms with Gasteiger partial charge >= 0.3 is 0 Å². The van der Waals surface area contributed by atoms with Gasteiger partial charge in [0.15, 0.2) is 0 Å². The Bertz CT molecular complexity index is 718. The van der Waals surface area contributed by atoms with Gasteiger partial charge in [0.25, 0.3) is 0 Å². The SMILES string of the molecule is C/C=C(\C)c1ccccc1CN.C=C(/C=C\C=C/C)CCNC(=C)C.C=C(C)CC. The second-order valence-electron chi connectivity index (χ2n) is 7.14. The zero-order valence-electron chi connectivity index (χ0n) is 20.2. The van der Waals surface area contributed by atoms with Crippen LogP contribution in [0.5, 0.6) is 0 Å². The lowest BCUT2D eigenvalue weighted by atomic mass is 10.0. The summed E-state index contributed by atoms with van der Waals surface area (Å²) in [5, 5.41) is 3.16. The molecule has 0 unspecified atom stereocenters. The van der Waals surface area contributed by atoms with Crippen molar-refractivity contribution in [1.82, 2.24) is 5.32 Å². The molecule has 0 radical (unpaired) electrons. The van der Waals surface area contributed by atoms with Gasteiger partial charge in [0.1, 0.15) is 0 Å². The summed E-state index contributed by atoms with van der Waals surface area (Å²) in [6.07, 6.45) is 12.2. The summed E-state index contributed by atoms with van der Waals surface area (Å²) in [5.41, 5.74) is 12.8. The van der Waals surface area contributed by atoms with Crippen LogP contribution in [0, 0.1) is 0 Å². The van der Waals surface area contributed by atoms with Crippen LogP contribution in [0.25, 0.3) is 5.57 Å². The van der Waals surface area contributed by atoms with Crippen LogP contribution in [-0.4, -0.2) is 6.54 Å². The summed E-state index contributed by atoms with van der Waals surface area (Å²) >= 11 is 0. The fraction of sp³-hybridized carbons (Fsp3) is 0.357. The molecule has 0 fully saturated rings. The van der Waals surface area contributed by atoms with Gasteiger partial charge in [-0.2, -0.15) is 0 Å². The molecule has 166 valence electrons. The Morgan fingerprint density at radius 2 is 1.63 bits per heavy atom. The standard InChI is InChI=1S/C12H19N.C11H15N.C5H10/c1-5-6-7-8-12(4)9-10-13-11(2)3;1-3-9(2)11-7-5-4-6-10(11)8-12;1-4-5(2)3/h5-8,13H,2,4,9-10H2,1,3H3;3-7H,8,12H2,1-2H3;2,4H2,1,3H3/b6-5-,8-7-;9-3+;. The van der Waals surface area contributed by atoms with Gasteiger partial charge < -0.3 is 11.1 Å². The third kappa shape index (κ3) is 17.5. The van der Waals surface area contributed by atoms with Crippen molar-refractivity contribution in [3.8, 4) is 0 Å². The van der Waals surface area contributed by atoms with Crippen LogP contribution in [0.15, 0.2) is 91.2 Å². The molecule has 0 amide bonds.